The van der Waals surface area contributed by atoms with Crippen LogP contribution in [-0.2, 0) is 24.5 Å². The number of amides is 3. The van der Waals surface area contributed by atoms with Crippen molar-refractivity contribution in [3.63, 3.8) is 0 Å². The van der Waals surface area contributed by atoms with Crippen molar-refractivity contribution in [3.8, 4) is 0 Å². The molecule has 2 saturated heterocycles. The quantitative estimate of drug-likeness (QED) is 0.438. The van der Waals surface area contributed by atoms with E-state index >= 15 is 0 Å². The molecule has 2 aliphatic heterocycles. The second kappa shape index (κ2) is 9.43. The lowest BCUT2D eigenvalue weighted by atomic mass is 9.85. The third kappa shape index (κ3) is 5.50. The number of ether oxygens (including phenoxy) is 1. The molecule has 1 aliphatic carbocycles. The molecular formula is C24H43N5O6S. The topological polar surface area (TPSA) is 137 Å². The van der Waals surface area contributed by atoms with Crippen LogP contribution in [0.5, 0.6) is 0 Å². The molecular weight excluding hydrogens is 486 g/mol. The number of carbonyl (C=O) groups is 3. The molecule has 206 valence electrons. The van der Waals surface area contributed by atoms with Gasteiger partial charge < -0.3 is 20.3 Å². The van der Waals surface area contributed by atoms with E-state index in [9.17, 15) is 22.8 Å². The lowest BCUT2D eigenvalue weighted by Gasteiger charge is -2.38. The maximum atomic E-state index is 13.8. The van der Waals surface area contributed by atoms with Gasteiger partial charge >= 0.3 is 12.0 Å². The van der Waals surface area contributed by atoms with E-state index in [1.165, 1.54) is 11.4 Å². The van der Waals surface area contributed by atoms with Gasteiger partial charge in [0.25, 0.3) is 10.2 Å². The zero-order chi connectivity index (χ0) is 27.4. The Labute approximate surface area is 215 Å². The van der Waals surface area contributed by atoms with Crippen molar-refractivity contribution in [2.45, 2.75) is 73.5 Å². The average molecular weight is 530 g/mol. The van der Waals surface area contributed by atoms with E-state index in [-0.39, 0.29) is 29.7 Å². The number of hydrogen-bond acceptors (Lipinski definition) is 6. The zero-order valence-corrected chi connectivity index (χ0v) is 23.8. The van der Waals surface area contributed by atoms with Crippen LogP contribution < -0.4 is 15.4 Å². The van der Waals surface area contributed by atoms with Gasteiger partial charge in [0.05, 0.1) is 7.11 Å². The number of hydrogen-bond donors (Lipinski definition) is 3. The number of esters is 1. The van der Waals surface area contributed by atoms with Gasteiger partial charge in [-0.05, 0) is 22.2 Å². The molecule has 0 aromatic carbocycles. The van der Waals surface area contributed by atoms with Crippen LogP contribution in [0, 0.1) is 28.1 Å². The monoisotopic (exact) mass is 529 g/mol. The van der Waals surface area contributed by atoms with Crippen LogP contribution in [0.1, 0.15) is 55.4 Å². The fourth-order valence-electron chi connectivity index (χ4n) is 5.49. The molecule has 3 N–H and O–H groups in total. The van der Waals surface area contributed by atoms with Crippen LogP contribution in [0.3, 0.4) is 0 Å². The van der Waals surface area contributed by atoms with Crippen LogP contribution in [0.2, 0.25) is 0 Å². The zero-order valence-electron chi connectivity index (χ0n) is 23.0. The highest BCUT2D eigenvalue weighted by molar-refractivity contribution is 7.87. The number of rotatable bonds is 6. The lowest BCUT2D eigenvalue weighted by Crippen LogP contribution is -2.61. The van der Waals surface area contributed by atoms with Crippen molar-refractivity contribution < 1.29 is 27.5 Å². The van der Waals surface area contributed by atoms with Crippen molar-refractivity contribution in [1.29, 1.82) is 0 Å². The van der Waals surface area contributed by atoms with Crippen LogP contribution in [-0.4, -0.2) is 86.9 Å². The van der Waals surface area contributed by atoms with Crippen molar-refractivity contribution in [1.82, 2.24) is 24.6 Å². The molecule has 1 saturated carbocycles. The number of nitrogens with zero attached hydrogens (tertiary/aromatic N) is 2. The number of likely N-dealkylation sites (tertiary alicyclic amines) is 1. The van der Waals surface area contributed by atoms with E-state index < -0.39 is 51.2 Å². The summed E-state index contributed by atoms with van der Waals surface area (Å²) in [5.74, 6) is -0.521. The minimum Gasteiger partial charge on any atom is -0.467 e. The first-order valence-electron chi connectivity index (χ1n) is 12.5. The second-order valence-corrected chi connectivity index (χ2v) is 14.8. The number of methoxy groups -OCH3 is 1. The summed E-state index contributed by atoms with van der Waals surface area (Å²) in [5, 5.41) is 5.73. The number of piperidine rings is 1. The molecule has 0 radical (unpaired) electrons. The summed E-state index contributed by atoms with van der Waals surface area (Å²) in [6.45, 7) is 16.7. The normalized spacial score (nSPS) is 28.7. The van der Waals surface area contributed by atoms with Gasteiger partial charge in [-0.2, -0.15) is 12.7 Å². The first-order valence-corrected chi connectivity index (χ1v) is 14.0. The third-order valence-electron chi connectivity index (χ3n) is 8.05. The SMILES string of the molecule is COC(=O)[C@@H]1[C@@H]2[C@H](CN1C(=O)[C@@H](NC(=O)N[C@H](CN1CCNS1(=O)=O)C(C)(C)C)C(C)(C)C)C2(C)C. The Bertz CT molecular complexity index is 999. The Morgan fingerprint density at radius 3 is 2.17 bits per heavy atom. The molecule has 11 nitrogen and oxygen atoms in total. The Morgan fingerprint density at radius 2 is 1.69 bits per heavy atom. The standard InChI is InChI=1S/C24H43N5O6S/c1-22(2,3)15(13-28-11-10-25-36(28,33)34)26-21(32)27-18(23(4,5)6)19(30)29-12-14-16(24(14,7)8)17(29)20(31)35-9/h14-18,25H,10-13H2,1-9H3,(H2,26,27,32)/t14-,15+,16-,17-,18+/m0/s1. The van der Waals surface area contributed by atoms with Gasteiger partial charge in [-0.3, -0.25) is 4.79 Å². The van der Waals surface area contributed by atoms with E-state index in [0.717, 1.165) is 0 Å². The number of fused-ring (bicyclic) bond motifs is 1. The minimum absolute atomic E-state index is 0.0321. The second-order valence-electron chi connectivity index (χ2n) is 13.0. The Kier molecular flexibility index (Phi) is 7.51. The maximum Gasteiger partial charge on any atom is 0.328 e. The van der Waals surface area contributed by atoms with Gasteiger partial charge in [0.2, 0.25) is 5.91 Å². The van der Waals surface area contributed by atoms with Crippen molar-refractivity contribution in [3.05, 3.63) is 0 Å². The molecule has 0 aromatic heterocycles. The molecule has 12 heteroatoms. The molecule has 2 heterocycles. The highest BCUT2D eigenvalue weighted by atomic mass is 32.2. The van der Waals surface area contributed by atoms with Gasteiger partial charge in [0.1, 0.15) is 12.1 Å². The van der Waals surface area contributed by atoms with Crippen molar-refractivity contribution in [2.24, 2.45) is 28.1 Å². The maximum absolute atomic E-state index is 13.8. The molecule has 3 rings (SSSR count). The Balaban J connectivity index is 1.76. The van der Waals surface area contributed by atoms with E-state index in [2.05, 4.69) is 29.2 Å². The van der Waals surface area contributed by atoms with Gasteiger partial charge in [0.15, 0.2) is 0 Å². The Hall–Kier alpha value is -1.92. The van der Waals surface area contributed by atoms with Gasteiger partial charge in [-0.25, -0.2) is 14.3 Å². The summed E-state index contributed by atoms with van der Waals surface area (Å²) in [4.78, 5) is 41.2. The first kappa shape index (κ1) is 28.6. The first-order chi connectivity index (χ1) is 16.3. The fourth-order valence-corrected chi connectivity index (χ4v) is 6.70. The molecule has 3 amide bonds. The predicted molar refractivity (Wildman–Crippen MR) is 135 cm³/mol. The number of urea groups is 1. The van der Waals surface area contributed by atoms with Gasteiger partial charge in [-0.15, -0.1) is 0 Å². The minimum atomic E-state index is -3.57. The summed E-state index contributed by atoms with van der Waals surface area (Å²) in [5.41, 5.74) is -1.13. The molecule has 3 aliphatic rings. The van der Waals surface area contributed by atoms with Crippen LogP contribution in [0.4, 0.5) is 4.79 Å². The van der Waals surface area contributed by atoms with Crippen molar-refractivity contribution in [2.75, 3.05) is 33.3 Å². The smallest absolute Gasteiger partial charge is 0.328 e. The highest BCUT2D eigenvalue weighted by Gasteiger charge is 2.70. The third-order valence-corrected chi connectivity index (χ3v) is 9.63. The van der Waals surface area contributed by atoms with Crippen LogP contribution in [0.15, 0.2) is 0 Å². The summed E-state index contributed by atoms with van der Waals surface area (Å²) in [7, 11) is -2.25. The molecule has 0 unspecified atom stereocenters. The molecule has 3 fully saturated rings. The summed E-state index contributed by atoms with van der Waals surface area (Å²) >= 11 is 0. The molecule has 5 atom stereocenters. The van der Waals surface area contributed by atoms with Crippen molar-refractivity contribution >= 4 is 28.1 Å². The largest absolute Gasteiger partial charge is 0.467 e. The fraction of sp³-hybridized carbons (Fsp3) is 0.875. The van der Waals surface area contributed by atoms with Crippen LogP contribution in [0.25, 0.3) is 0 Å². The van der Waals surface area contributed by atoms with E-state index in [1.807, 2.05) is 41.5 Å². The number of carbonyl (C=O) groups excluding carboxylic acids is 3. The molecule has 36 heavy (non-hydrogen) atoms. The van der Waals surface area contributed by atoms with E-state index in [0.29, 0.717) is 19.6 Å². The molecule has 0 spiro atoms. The molecule has 0 aromatic rings. The lowest BCUT2D eigenvalue weighted by molar-refractivity contribution is -0.154. The molecule has 0 bridgehead atoms. The Morgan fingerprint density at radius 1 is 1.08 bits per heavy atom. The van der Waals surface area contributed by atoms with Gasteiger partial charge in [0, 0.05) is 38.1 Å². The van der Waals surface area contributed by atoms with E-state index in [1.54, 1.807) is 4.90 Å². The van der Waals surface area contributed by atoms with E-state index in [4.69, 9.17) is 4.74 Å². The summed E-state index contributed by atoms with van der Waals surface area (Å²) in [6, 6.07) is -2.64. The average Bonchev–Trinajstić information content (AvgIpc) is 3.05. The predicted octanol–water partition coefficient (Wildman–Crippen LogP) is 0.921. The van der Waals surface area contributed by atoms with Gasteiger partial charge in [-0.1, -0.05) is 55.4 Å². The highest BCUT2D eigenvalue weighted by Crippen LogP contribution is 2.65. The number of nitrogens with one attached hydrogen (secondary N) is 3. The van der Waals surface area contributed by atoms with Crippen LogP contribution >= 0.6 is 0 Å². The summed E-state index contributed by atoms with van der Waals surface area (Å²) in [6.07, 6.45) is 0. The summed E-state index contributed by atoms with van der Waals surface area (Å²) < 4.78 is 33.3.